The molecule has 0 spiro atoms. The van der Waals surface area contributed by atoms with Gasteiger partial charge in [0.25, 0.3) is 0 Å². The number of benzene rings is 4. The van der Waals surface area contributed by atoms with E-state index in [0.717, 1.165) is 16.7 Å². The first kappa shape index (κ1) is 34.7. The summed E-state index contributed by atoms with van der Waals surface area (Å²) in [6.45, 7) is 13.2. The van der Waals surface area contributed by atoms with Crippen LogP contribution in [0.4, 0.5) is 0 Å². The van der Waals surface area contributed by atoms with E-state index in [0.29, 0.717) is 26.4 Å². The van der Waals surface area contributed by atoms with Gasteiger partial charge in [-0.1, -0.05) is 0 Å². The van der Waals surface area contributed by atoms with Crippen LogP contribution in [0.2, 0.25) is 18.1 Å². The van der Waals surface area contributed by atoms with Gasteiger partial charge in [-0.2, -0.15) is 0 Å². The van der Waals surface area contributed by atoms with E-state index in [1.54, 1.807) is 0 Å². The van der Waals surface area contributed by atoms with E-state index in [9.17, 15) is 0 Å². The van der Waals surface area contributed by atoms with Gasteiger partial charge < -0.3 is 0 Å². The van der Waals surface area contributed by atoms with Crippen LogP contribution in [0.25, 0.3) is 0 Å². The van der Waals surface area contributed by atoms with Gasteiger partial charge in [0.15, 0.2) is 0 Å². The Morgan fingerprint density at radius 1 is 0.587 bits per heavy atom. The summed E-state index contributed by atoms with van der Waals surface area (Å²) in [6.07, 6.45) is -1.47. The van der Waals surface area contributed by atoms with Crippen molar-refractivity contribution >= 4 is 27.7 Å². The first-order valence-corrected chi connectivity index (χ1v) is 20.9. The zero-order valence-corrected chi connectivity index (χ0v) is 30.4. The summed E-state index contributed by atoms with van der Waals surface area (Å²) in [5, 5.41) is -0.135. The molecule has 0 aromatic heterocycles. The van der Waals surface area contributed by atoms with Gasteiger partial charge in [-0.05, 0) is 0 Å². The molecule has 5 rings (SSSR count). The van der Waals surface area contributed by atoms with Gasteiger partial charge in [0.2, 0.25) is 0 Å². The molecule has 5 nitrogen and oxygen atoms in total. The van der Waals surface area contributed by atoms with Gasteiger partial charge in [0.1, 0.15) is 0 Å². The maximum absolute atomic E-state index is 7.08. The molecule has 0 amide bonds. The third-order valence-corrected chi connectivity index (χ3v) is 15.8. The molecule has 4 aromatic carbocycles. The van der Waals surface area contributed by atoms with E-state index < -0.39 is 14.4 Å². The first-order valence-electron chi connectivity index (χ1n) is 16.2. The van der Waals surface area contributed by atoms with Crippen LogP contribution in [0.5, 0.6) is 0 Å². The first-order chi connectivity index (χ1) is 22.2. The molecule has 7 heteroatoms. The van der Waals surface area contributed by atoms with Crippen LogP contribution < -0.4 is 4.46 Å². The molecule has 1 saturated heterocycles. The van der Waals surface area contributed by atoms with E-state index in [1.165, 1.54) is 4.46 Å². The molecule has 46 heavy (non-hydrogen) atoms. The number of hydrogen-bond acceptors (Lipinski definition) is 5. The standard InChI is InChI=1S/C39H48O5SeSi/c1-39(2,3)46(4,5)43-29-34-35(40-26-30-18-10-6-11-19-30)36(41-27-31-20-12-7-13-21-31)37(42-28-32-22-14-8-15-23-32)38(44-34)45-33-24-16-9-17-25-33/h6-25,34-38H,26-29H2,1-5H3. The van der Waals surface area contributed by atoms with E-state index in [2.05, 4.69) is 101 Å². The SMILES string of the molecule is CC(C)(C)[Si](C)(C)OCC1OC([Se]c2ccccc2)C(OCc2ccccc2)C(OCc2ccccc2)C1OCc1ccccc1. The Balaban J connectivity index is 1.50. The van der Waals surface area contributed by atoms with Crippen LogP contribution >= 0.6 is 0 Å². The normalized spacial score (nSPS) is 22.1. The summed E-state index contributed by atoms with van der Waals surface area (Å²) < 4.78 is 35.7. The minimum absolute atomic E-state index is 0.0450. The second-order valence-corrected chi connectivity index (χ2v) is 20.6. The third kappa shape index (κ3) is 9.72. The van der Waals surface area contributed by atoms with Crippen molar-refractivity contribution in [1.82, 2.24) is 0 Å². The average molecular weight is 704 g/mol. The molecule has 5 unspecified atom stereocenters. The van der Waals surface area contributed by atoms with E-state index in [-0.39, 0.29) is 43.3 Å². The predicted octanol–water partition coefficient (Wildman–Crippen LogP) is 7.52. The van der Waals surface area contributed by atoms with Crippen molar-refractivity contribution in [1.29, 1.82) is 0 Å². The van der Waals surface area contributed by atoms with Gasteiger partial charge in [0.05, 0.1) is 0 Å². The Hall–Kier alpha value is -2.58. The van der Waals surface area contributed by atoms with E-state index in [4.69, 9.17) is 23.4 Å². The molecule has 1 fully saturated rings. The quantitative estimate of drug-likeness (QED) is 0.127. The van der Waals surface area contributed by atoms with Crippen molar-refractivity contribution < 1.29 is 23.4 Å². The molecular weight excluding hydrogens is 655 g/mol. The van der Waals surface area contributed by atoms with Gasteiger partial charge in [-0.15, -0.1) is 0 Å². The Labute approximate surface area is 282 Å². The molecule has 1 aliphatic rings. The maximum atomic E-state index is 7.08. The molecule has 0 saturated carbocycles. The molecule has 0 N–H and O–H groups in total. The van der Waals surface area contributed by atoms with Gasteiger partial charge in [-0.3, -0.25) is 0 Å². The van der Waals surface area contributed by atoms with Crippen molar-refractivity contribution in [3.63, 3.8) is 0 Å². The van der Waals surface area contributed by atoms with Crippen molar-refractivity contribution in [2.45, 2.75) is 88.1 Å². The Morgan fingerprint density at radius 3 is 1.46 bits per heavy atom. The van der Waals surface area contributed by atoms with Crippen LogP contribution in [-0.4, -0.2) is 59.3 Å². The summed E-state index contributed by atoms with van der Waals surface area (Å²) in [4.78, 5) is 0. The van der Waals surface area contributed by atoms with Crippen LogP contribution in [0.3, 0.4) is 0 Å². The topological polar surface area (TPSA) is 46.2 Å². The second-order valence-electron chi connectivity index (χ2n) is 13.3. The van der Waals surface area contributed by atoms with E-state index in [1.807, 2.05) is 54.6 Å². The summed E-state index contributed by atoms with van der Waals surface area (Å²) in [5.74, 6) is 0. The molecular formula is C39H48O5SeSi. The van der Waals surface area contributed by atoms with Gasteiger partial charge in [-0.25, -0.2) is 0 Å². The van der Waals surface area contributed by atoms with Gasteiger partial charge in [0, 0.05) is 0 Å². The van der Waals surface area contributed by atoms with Crippen LogP contribution in [-0.2, 0) is 43.2 Å². The molecule has 5 atom stereocenters. The van der Waals surface area contributed by atoms with Crippen molar-refractivity contribution in [3.8, 4) is 0 Å². The minimum atomic E-state index is -2.07. The molecule has 0 radical (unpaired) electrons. The summed E-state index contributed by atoms with van der Waals surface area (Å²) in [6, 6.07) is 41.5. The van der Waals surface area contributed by atoms with Crippen molar-refractivity contribution in [2.24, 2.45) is 0 Å². The summed E-state index contributed by atoms with van der Waals surface area (Å²) in [5.41, 5.74) is 3.32. The molecule has 1 aliphatic heterocycles. The van der Waals surface area contributed by atoms with Crippen LogP contribution in [0.1, 0.15) is 37.5 Å². The third-order valence-electron chi connectivity index (χ3n) is 8.86. The zero-order valence-electron chi connectivity index (χ0n) is 27.7. The number of ether oxygens (including phenoxy) is 4. The Kier molecular flexibility index (Phi) is 12.5. The Bertz CT molecular complexity index is 1430. The molecule has 1 heterocycles. The second kappa shape index (κ2) is 16.5. The number of rotatable bonds is 14. The zero-order chi connectivity index (χ0) is 32.4. The van der Waals surface area contributed by atoms with E-state index >= 15 is 0 Å². The summed E-state index contributed by atoms with van der Waals surface area (Å²) >= 11 is -0.0450. The fourth-order valence-electron chi connectivity index (χ4n) is 5.11. The molecule has 4 aromatic rings. The molecule has 0 bridgehead atoms. The summed E-state index contributed by atoms with van der Waals surface area (Å²) in [7, 11) is -2.07. The predicted molar refractivity (Wildman–Crippen MR) is 189 cm³/mol. The fraction of sp³-hybridized carbons (Fsp3) is 0.385. The fourth-order valence-corrected chi connectivity index (χ4v) is 8.54. The van der Waals surface area contributed by atoms with Crippen LogP contribution in [0.15, 0.2) is 121 Å². The Morgan fingerprint density at radius 2 is 1.00 bits per heavy atom. The number of hydrogen-bond donors (Lipinski definition) is 0. The van der Waals surface area contributed by atoms with Gasteiger partial charge >= 0.3 is 284 Å². The average Bonchev–Trinajstić information content (AvgIpc) is 3.06. The monoisotopic (exact) mass is 704 g/mol. The van der Waals surface area contributed by atoms with Crippen molar-refractivity contribution in [2.75, 3.05) is 6.61 Å². The molecule has 0 aliphatic carbocycles. The van der Waals surface area contributed by atoms with Crippen molar-refractivity contribution in [3.05, 3.63) is 138 Å². The van der Waals surface area contributed by atoms with Crippen LogP contribution in [0, 0.1) is 0 Å². The molecule has 244 valence electrons.